The first-order valence-corrected chi connectivity index (χ1v) is 5.95. The highest BCUT2D eigenvalue weighted by molar-refractivity contribution is 6.29. The Kier molecular flexibility index (Phi) is 4.12. The molecule has 0 atom stereocenters. The lowest BCUT2D eigenvalue weighted by Crippen LogP contribution is -2.04. The van der Waals surface area contributed by atoms with Crippen molar-refractivity contribution in [2.75, 3.05) is 7.11 Å². The van der Waals surface area contributed by atoms with Crippen LogP contribution in [-0.4, -0.2) is 17.9 Å². The van der Waals surface area contributed by atoms with Gasteiger partial charge < -0.3 is 4.74 Å². The molecule has 0 saturated carbocycles. The van der Waals surface area contributed by atoms with Crippen LogP contribution in [-0.2, 0) is 6.42 Å². The van der Waals surface area contributed by atoms with E-state index in [0.717, 1.165) is 0 Å². The number of nitrogens with zero attached hydrogens (tertiary/aromatic N) is 1. The molecule has 98 valence electrons. The van der Waals surface area contributed by atoms with Crippen LogP contribution in [0.25, 0.3) is 0 Å². The number of ether oxygens (including phenoxy) is 1. The van der Waals surface area contributed by atoms with Crippen molar-refractivity contribution in [3.63, 3.8) is 0 Å². The Hall–Kier alpha value is -1.94. The molecule has 0 unspecified atom stereocenters. The second-order valence-corrected chi connectivity index (χ2v) is 4.32. The number of Topliss-reactive ketones (excluding diaryl/α,β-unsaturated/α-hetero) is 1. The number of ketones is 1. The predicted octanol–water partition coefficient (Wildman–Crippen LogP) is 3.31. The summed E-state index contributed by atoms with van der Waals surface area (Å²) in [6.45, 7) is 0. The quantitative estimate of drug-likeness (QED) is 0.637. The molecule has 2 aromatic rings. The fourth-order valence-corrected chi connectivity index (χ4v) is 1.86. The van der Waals surface area contributed by atoms with Gasteiger partial charge in [-0.3, -0.25) is 4.79 Å². The Labute approximate surface area is 115 Å². The highest BCUT2D eigenvalue weighted by Crippen LogP contribution is 2.19. The van der Waals surface area contributed by atoms with Crippen LogP contribution in [0.3, 0.4) is 0 Å². The van der Waals surface area contributed by atoms with Crippen LogP contribution in [0, 0.1) is 5.82 Å². The summed E-state index contributed by atoms with van der Waals surface area (Å²) in [5.74, 6) is -0.474. The number of halogens is 2. The first-order chi connectivity index (χ1) is 9.10. The van der Waals surface area contributed by atoms with Crippen molar-refractivity contribution >= 4 is 17.4 Å². The maximum atomic E-state index is 13.5. The van der Waals surface area contributed by atoms with Crippen molar-refractivity contribution in [3.8, 4) is 5.75 Å². The smallest absolute Gasteiger partial charge is 0.167 e. The van der Waals surface area contributed by atoms with E-state index in [9.17, 15) is 9.18 Å². The average Bonchev–Trinajstić information content (AvgIpc) is 2.39. The number of pyridine rings is 1. The van der Waals surface area contributed by atoms with Gasteiger partial charge in [-0.25, -0.2) is 9.37 Å². The molecule has 5 heteroatoms. The number of carbonyl (C=O) groups excluding carboxylic acids is 1. The largest absolute Gasteiger partial charge is 0.494 e. The molecule has 2 rings (SSSR count). The number of rotatable bonds is 4. The van der Waals surface area contributed by atoms with Crippen LogP contribution >= 0.6 is 11.6 Å². The Morgan fingerprint density at radius 3 is 2.79 bits per heavy atom. The first kappa shape index (κ1) is 13.5. The second-order valence-electron chi connectivity index (χ2n) is 3.94. The monoisotopic (exact) mass is 279 g/mol. The van der Waals surface area contributed by atoms with Gasteiger partial charge in [0.2, 0.25) is 0 Å². The summed E-state index contributed by atoms with van der Waals surface area (Å²) in [6.07, 6.45) is 1.56. The molecule has 0 saturated heterocycles. The van der Waals surface area contributed by atoms with Crippen LogP contribution in [0.5, 0.6) is 5.75 Å². The van der Waals surface area contributed by atoms with Crippen molar-refractivity contribution in [2.45, 2.75) is 6.42 Å². The minimum atomic E-state index is -0.486. The summed E-state index contributed by atoms with van der Waals surface area (Å²) < 4.78 is 18.3. The number of hydrogen-bond donors (Lipinski definition) is 0. The van der Waals surface area contributed by atoms with E-state index < -0.39 is 5.82 Å². The number of hydrogen-bond acceptors (Lipinski definition) is 3. The van der Waals surface area contributed by atoms with Crippen molar-refractivity contribution in [1.29, 1.82) is 0 Å². The molecule has 0 aliphatic rings. The molecular weight excluding hydrogens is 269 g/mol. The lowest BCUT2D eigenvalue weighted by molar-refractivity contribution is 0.0993. The minimum Gasteiger partial charge on any atom is -0.494 e. The average molecular weight is 280 g/mol. The Bertz CT molecular complexity index is 616. The molecule has 1 aromatic carbocycles. The van der Waals surface area contributed by atoms with Crippen molar-refractivity contribution in [1.82, 2.24) is 4.98 Å². The molecule has 0 amide bonds. The number of benzene rings is 1. The molecular formula is C14H11ClFNO2. The molecule has 0 N–H and O–H groups in total. The third kappa shape index (κ3) is 3.29. The molecule has 1 aromatic heterocycles. The predicted molar refractivity (Wildman–Crippen MR) is 70.2 cm³/mol. The molecule has 0 aliphatic carbocycles. The van der Waals surface area contributed by atoms with Crippen LogP contribution in [0.4, 0.5) is 4.39 Å². The van der Waals surface area contributed by atoms with Crippen molar-refractivity contribution in [3.05, 3.63) is 58.6 Å². The summed E-state index contributed by atoms with van der Waals surface area (Å²) in [6, 6.07) is 7.51. The van der Waals surface area contributed by atoms with Crippen molar-refractivity contribution < 1.29 is 13.9 Å². The molecule has 0 spiro atoms. The third-order valence-electron chi connectivity index (χ3n) is 2.63. The number of methoxy groups -OCH3 is 1. The lowest BCUT2D eigenvalue weighted by atomic mass is 10.0. The highest BCUT2D eigenvalue weighted by atomic mass is 35.5. The van der Waals surface area contributed by atoms with Crippen LogP contribution in [0.2, 0.25) is 5.15 Å². The molecule has 0 radical (unpaired) electrons. The van der Waals surface area contributed by atoms with Crippen LogP contribution in [0.1, 0.15) is 15.9 Å². The standard InChI is InChI=1S/C14H11ClFNO2/c1-19-13-3-2-9(6-11(13)16)7-12(18)10-4-5-17-14(15)8-10/h2-6,8H,7H2,1H3. The van der Waals surface area contributed by atoms with Gasteiger partial charge in [0.1, 0.15) is 5.15 Å². The van der Waals surface area contributed by atoms with E-state index in [-0.39, 0.29) is 23.1 Å². The fraction of sp³-hybridized carbons (Fsp3) is 0.143. The van der Waals surface area contributed by atoms with E-state index >= 15 is 0 Å². The summed E-state index contributed by atoms with van der Waals surface area (Å²) in [5.41, 5.74) is 1.03. The van der Waals surface area contributed by atoms with E-state index in [1.807, 2.05) is 0 Å². The van der Waals surface area contributed by atoms with Gasteiger partial charge in [0.15, 0.2) is 17.3 Å². The van der Waals surface area contributed by atoms with Gasteiger partial charge in [-0.1, -0.05) is 17.7 Å². The number of aromatic nitrogens is 1. The van der Waals surface area contributed by atoms with Crippen LogP contribution in [0.15, 0.2) is 36.5 Å². The zero-order valence-electron chi connectivity index (χ0n) is 10.2. The molecule has 0 bridgehead atoms. The van der Waals surface area contributed by atoms with Crippen molar-refractivity contribution in [2.24, 2.45) is 0 Å². The van der Waals surface area contributed by atoms with Crippen LogP contribution < -0.4 is 4.74 Å². The number of carbonyl (C=O) groups is 1. The van der Waals surface area contributed by atoms with E-state index in [0.29, 0.717) is 11.1 Å². The molecule has 0 aliphatic heterocycles. The summed E-state index contributed by atoms with van der Waals surface area (Å²) in [5, 5.41) is 0.256. The van der Waals surface area contributed by atoms with Gasteiger partial charge in [-0.15, -0.1) is 0 Å². The maximum absolute atomic E-state index is 13.5. The topological polar surface area (TPSA) is 39.2 Å². The highest BCUT2D eigenvalue weighted by Gasteiger charge is 2.10. The Morgan fingerprint density at radius 2 is 2.16 bits per heavy atom. The van der Waals surface area contributed by atoms with E-state index in [1.165, 1.54) is 31.5 Å². The SMILES string of the molecule is COc1ccc(CC(=O)c2ccnc(Cl)c2)cc1F. The zero-order chi connectivity index (χ0) is 13.8. The zero-order valence-corrected chi connectivity index (χ0v) is 10.9. The fourth-order valence-electron chi connectivity index (χ4n) is 1.68. The summed E-state index contributed by atoms with van der Waals surface area (Å²) in [7, 11) is 1.39. The maximum Gasteiger partial charge on any atom is 0.167 e. The van der Waals surface area contributed by atoms with Gasteiger partial charge in [0, 0.05) is 18.2 Å². The normalized spacial score (nSPS) is 10.3. The van der Waals surface area contributed by atoms with Gasteiger partial charge in [0.05, 0.1) is 7.11 Å². The first-order valence-electron chi connectivity index (χ1n) is 5.57. The summed E-state index contributed by atoms with van der Waals surface area (Å²) >= 11 is 5.72. The van der Waals surface area contributed by atoms with E-state index in [1.54, 1.807) is 12.1 Å². The van der Waals surface area contributed by atoms with Gasteiger partial charge in [-0.05, 0) is 29.8 Å². The second kappa shape index (κ2) is 5.80. The molecule has 1 heterocycles. The Morgan fingerprint density at radius 1 is 1.37 bits per heavy atom. The lowest BCUT2D eigenvalue weighted by Gasteiger charge is -2.05. The summed E-state index contributed by atoms with van der Waals surface area (Å²) in [4.78, 5) is 15.8. The third-order valence-corrected chi connectivity index (χ3v) is 2.84. The van der Waals surface area contributed by atoms with Gasteiger partial charge in [0.25, 0.3) is 0 Å². The molecule has 19 heavy (non-hydrogen) atoms. The Balaban J connectivity index is 2.17. The van der Waals surface area contributed by atoms with E-state index in [4.69, 9.17) is 16.3 Å². The molecule has 0 fully saturated rings. The van der Waals surface area contributed by atoms with Gasteiger partial charge >= 0.3 is 0 Å². The van der Waals surface area contributed by atoms with E-state index in [2.05, 4.69) is 4.98 Å². The minimum absolute atomic E-state index is 0.0985. The molecule has 3 nitrogen and oxygen atoms in total. The van der Waals surface area contributed by atoms with Gasteiger partial charge in [-0.2, -0.15) is 0 Å².